The summed E-state index contributed by atoms with van der Waals surface area (Å²) < 4.78 is 0. The van der Waals surface area contributed by atoms with Crippen LogP contribution in [0.25, 0.3) is 22.0 Å². The molecule has 0 amide bonds. The van der Waals surface area contributed by atoms with Crippen LogP contribution in [0.15, 0.2) is 66.5 Å². The maximum Gasteiger partial charge on any atom is 0.0460 e. The molecule has 0 bridgehead atoms. The van der Waals surface area contributed by atoms with Gasteiger partial charge in [-0.15, -0.1) is 0 Å². The number of H-pyrrole nitrogens is 1. The van der Waals surface area contributed by atoms with Gasteiger partial charge in [0.2, 0.25) is 0 Å². The maximum atomic E-state index is 3.31. The van der Waals surface area contributed by atoms with E-state index in [1.54, 1.807) is 0 Å². The molecule has 0 saturated carbocycles. The topological polar surface area (TPSA) is 31.1 Å². The second-order valence-electron chi connectivity index (χ2n) is 7.80. The number of fused-ring (bicyclic) bond motifs is 1. The molecule has 0 saturated heterocycles. The lowest BCUT2D eigenvalue weighted by Crippen LogP contribution is -2.18. The van der Waals surface area contributed by atoms with Gasteiger partial charge in [-0.25, -0.2) is 0 Å². The zero-order valence-electron chi connectivity index (χ0n) is 18.2. The van der Waals surface area contributed by atoms with Crippen LogP contribution in [0.3, 0.4) is 0 Å². The zero-order valence-corrected chi connectivity index (χ0v) is 18.2. The smallest absolute Gasteiger partial charge is 0.0460 e. The van der Waals surface area contributed by atoms with Crippen molar-refractivity contribution >= 4 is 16.6 Å². The molecule has 3 nitrogen and oxygen atoms in total. The van der Waals surface area contributed by atoms with Crippen molar-refractivity contribution in [2.45, 2.75) is 45.4 Å². The van der Waals surface area contributed by atoms with Gasteiger partial charge in [0.15, 0.2) is 0 Å². The summed E-state index contributed by atoms with van der Waals surface area (Å²) in [6.45, 7) is 3.30. The number of anilines is 1. The molecule has 3 aromatic rings. The Kier molecular flexibility index (Phi) is 7.80. The van der Waals surface area contributed by atoms with Gasteiger partial charge in [0, 0.05) is 43.7 Å². The SMILES string of the molecule is CCC=C(CCCCCCN(C)c1ccc(-c2ccc3cc[nH]c3c2)cc1)NC. The third-order valence-electron chi connectivity index (χ3n) is 5.66. The Morgan fingerprint density at radius 3 is 2.48 bits per heavy atom. The van der Waals surface area contributed by atoms with Gasteiger partial charge in [-0.2, -0.15) is 0 Å². The first-order valence-electron chi connectivity index (χ1n) is 11.0. The van der Waals surface area contributed by atoms with E-state index in [0.717, 1.165) is 13.0 Å². The molecule has 3 rings (SSSR count). The number of rotatable bonds is 11. The fraction of sp³-hybridized carbons (Fsp3) is 0.385. The number of hydrogen-bond acceptors (Lipinski definition) is 2. The Labute approximate surface area is 175 Å². The van der Waals surface area contributed by atoms with Crippen LogP contribution in [-0.2, 0) is 0 Å². The molecule has 1 aromatic heterocycles. The van der Waals surface area contributed by atoms with Crippen molar-refractivity contribution in [2.75, 3.05) is 25.5 Å². The first-order chi connectivity index (χ1) is 14.2. The fourth-order valence-electron chi connectivity index (χ4n) is 3.86. The van der Waals surface area contributed by atoms with E-state index < -0.39 is 0 Å². The van der Waals surface area contributed by atoms with Gasteiger partial charge in [-0.3, -0.25) is 0 Å². The molecule has 29 heavy (non-hydrogen) atoms. The lowest BCUT2D eigenvalue weighted by Gasteiger charge is -2.19. The minimum Gasteiger partial charge on any atom is -0.392 e. The van der Waals surface area contributed by atoms with Crippen LogP contribution in [0, 0.1) is 0 Å². The molecule has 0 aliphatic carbocycles. The van der Waals surface area contributed by atoms with E-state index in [1.807, 2.05) is 13.2 Å². The van der Waals surface area contributed by atoms with Crippen LogP contribution in [-0.4, -0.2) is 25.6 Å². The first kappa shape index (κ1) is 21.0. The predicted octanol–water partition coefficient (Wildman–Crippen LogP) is 6.73. The summed E-state index contributed by atoms with van der Waals surface area (Å²) in [6.07, 6.45) is 11.7. The molecule has 3 heteroatoms. The molecule has 154 valence electrons. The molecule has 1 heterocycles. The quantitative estimate of drug-likeness (QED) is 0.356. The molecular formula is C26H35N3. The van der Waals surface area contributed by atoms with Crippen molar-refractivity contribution in [3.8, 4) is 11.1 Å². The highest BCUT2D eigenvalue weighted by atomic mass is 15.1. The molecule has 0 atom stereocenters. The first-order valence-corrected chi connectivity index (χ1v) is 11.0. The van der Waals surface area contributed by atoms with Gasteiger partial charge >= 0.3 is 0 Å². The molecule has 2 N–H and O–H groups in total. The summed E-state index contributed by atoms with van der Waals surface area (Å²) >= 11 is 0. The second-order valence-corrected chi connectivity index (χ2v) is 7.80. The highest BCUT2D eigenvalue weighted by Crippen LogP contribution is 2.26. The Morgan fingerprint density at radius 1 is 0.966 bits per heavy atom. The standard InChI is InChI=1S/C26H35N3/c1-4-9-24(27-2)10-7-5-6-8-19-29(3)25-15-13-21(14-16-25)23-12-11-22-17-18-28-26(22)20-23/h9,11-18,20,27-28H,4-8,10,19H2,1-3H3. The summed E-state index contributed by atoms with van der Waals surface area (Å²) in [5.41, 5.74) is 6.39. The van der Waals surface area contributed by atoms with Gasteiger partial charge in [-0.1, -0.05) is 50.1 Å². The van der Waals surface area contributed by atoms with Gasteiger partial charge in [0.1, 0.15) is 0 Å². The van der Waals surface area contributed by atoms with Crippen molar-refractivity contribution in [1.29, 1.82) is 0 Å². The summed E-state index contributed by atoms with van der Waals surface area (Å²) in [7, 11) is 4.23. The molecule has 0 spiro atoms. The highest BCUT2D eigenvalue weighted by molar-refractivity contribution is 5.85. The van der Waals surface area contributed by atoms with E-state index in [0.29, 0.717) is 0 Å². The number of hydrogen-bond donors (Lipinski definition) is 2. The summed E-state index contributed by atoms with van der Waals surface area (Å²) in [6, 6.07) is 17.7. The highest BCUT2D eigenvalue weighted by Gasteiger charge is 2.04. The molecule has 2 aromatic carbocycles. The third-order valence-corrected chi connectivity index (χ3v) is 5.66. The minimum atomic E-state index is 1.11. The van der Waals surface area contributed by atoms with Crippen molar-refractivity contribution in [1.82, 2.24) is 10.3 Å². The zero-order chi connectivity index (χ0) is 20.5. The van der Waals surface area contributed by atoms with Crippen LogP contribution in [0.4, 0.5) is 5.69 Å². The number of unbranched alkanes of at least 4 members (excludes halogenated alkanes) is 3. The van der Waals surface area contributed by atoms with Gasteiger partial charge < -0.3 is 15.2 Å². The molecule has 0 fully saturated rings. The van der Waals surface area contributed by atoms with Crippen LogP contribution >= 0.6 is 0 Å². The molecule has 0 unspecified atom stereocenters. The number of benzene rings is 2. The average molecular weight is 390 g/mol. The minimum absolute atomic E-state index is 1.11. The summed E-state index contributed by atoms with van der Waals surface area (Å²) in [5.74, 6) is 0. The van der Waals surface area contributed by atoms with E-state index in [1.165, 1.54) is 65.5 Å². The molecule has 0 radical (unpaired) electrons. The maximum absolute atomic E-state index is 3.31. The lowest BCUT2D eigenvalue weighted by atomic mass is 10.0. The Morgan fingerprint density at radius 2 is 1.72 bits per heavy atom. The Hall–Kier alpha value is -2.68. The van der Waals surface area contributed by atoms with E-state index in [2.05, 4.69) is 83.8 Å². The third kappa shape index (κ3) is 5.90. The van der Waals surface area contributed by atoms with Crippen LogP contribution < -0.4 is 10.2 Å². The molecule has 0 aliphatic heterocycles. The Bertz CT molecular complexity index is 905. The summed E-state index contributed by atoms with van der Waals surface area (Å²) in [5, 5.41) is 4.57. The van der Waals surface area contributed by atoms with E-state index in [4.69, 9.17) is 0 Å². The van der Waals surface area contributed by atoms with Gasteiger partial charge in [0.05, 0.1) is 0 Å². The van der Waals surface area contributed by atoms with E-state index in [-0.39, 0.29) is 0 Å². The summed E-state index contributed by atoms with van der Waals surface area (Å²) in [4.78, 5) is 5.67. The number of allylic oxidation sites excluding steroid dienone is 2. The Balaban J connectivity index is 1.44. The van der Waals surface area contributed by atoms with Crippen LogP contribution in [0.1, 0.15) is 45.4 Å². The van der Waals surface area contributed by atoms with Crippen LogP contribution in [0.2, 0.25) is 0 Å². The van der Waals surface area contributed by atoms with Gasteiger partial charge in [-0.05, 0) is 66.5 Å². The fourth-order valence-corrected chi connectivity index (χ4v) is 3.86. The number of nitrogens with zero attached hydrogens (tertiary/aromatic N) is 1. The van der Waals surface area contributed by atoms with E-state index >= 15 is 0 Å². The number of aromatic amines is 1. The van der Waals surface area contributed by atoms with E-state index in [9.17, 15) is 0 Å². The second kappa shape index (κ2) is 10.8. The van der Waals surface area contributed by atoms with Crippen molar-refractivity contribution in [3.63, 3.8) is 0 Å². The largest absolute Gasteiger partial charge is 0.392 e. The van der Waals surface area contributed by atoms with Crippen molar-refractivity contribution < 1.29 is 0 Å². The van der Waals surface area contributed by atoms with Crippen LogP contribution in [0.5, 0.6) is 0 Å². The monoisotopic (exact) mass is 389 g/mol. The number of nitrogens with one attached hydrogen (secondary N) is 2. The van der Waals surface area contributed by atoms with Gasteiger partial charge in [0.25, 0.3) is 0 Å². The molecular weight excluding hydrogens is 354 g/mol. The molecule has 0 aliphatic rings. The van der Waals surface area contributed by atoms with Crippen molar-refractivity contribution in [2.24, 2.45) is 0 Å². The normalized spacial score (nSPS) is 11.8. The van der Waals surface area contributed by atoms with Crippen molar-refractivity contribution in [3.05, 3.63) is 66.5 Å². The lowest BCUT2D eigenvalue weighted by molar-refractivity contribution is 0.625. The predicted molar refractivity (Wildman–Crippen MR) is 128 cm³/mol. The number of aromatic nitrogens is 1. The average Bonchev–Trinajstić information content (AvgIpc) is 3.23.